The highest BCUT2D eigenvalue weighted by Crippen LogP contribution is 2.25. The van der Waals surface area contributed by atoms with E-state index in [0.29, 0.717) is 23.5 Å². The number of amides is 4. The van der Waals surface area contributed by atoms with Crippen molar-refractivity contribution in [3.63, 3.8) is 0 Å². The van der Waals surface area contributed by atoms with Crippen molar-refractivity contribution in [3.8, 4) is 11.3 Å². The van der Waals surface area contributed by atoms with Crippen LogP contribution < -0.4 is 5.32 Å². The molecule has 1 fully saturated rings. The highest BCUT2D eigenvalue weighted by molar-refractivity contribution is 6.30. The van der Waals surface area contributed by atoms with E-state index in [1.54, 1.807) is 60.7 Å². The second kappa shape index (κ2) is 10.6. The number of esters is 1. The minimum Gasteiger partial charge on any atom is -0.462 e. The lowest BCUT2D eigenvalue weighted by atomic mass is 10.1. The van der Waals surface area contributed by atoms with Crippen LogP contribution in [0.1, 0.15) is 41.4 Å². The first-order valence-corrected chi connectivity index (χ1v) is 11.3. The van der Waals surface area contributed by atoms with Crippen molar-refractivity contribution in [3.05, 3.63) is 89.2 Å². The minimum atomic E-state index is -0.784. The predicted octanol–water partition coefficient (Wildman–Crippen LogP) is 4.57. The molecule has 0 radical (unpaired) electrons. The molecule has 0 atom stereocenters. The van der Waals surface area contributed by atoms with Crippen molar-refractivity contribution in [1.29, 1.82) is 0 Å². The smallest absolute Gasteiger partial charge is 0.338 e. The fourth-order valence-corrected chi connectivity index (χ4v) is 3.49. The van der Waals surface area contributed by atoms with Crippen LogP contribution in [0.25, 0.3) is 17.4 Å². The van der Waals surface area contributed by atoms with Crippen molar-refractivity contribution in [1.82, 2.24) is 10.2 Å². The number of carbonyl (C=O) groups excluding carboxylic acids is 4. The van der Waals surface area contributed by atoms with Crippen LogP contribution in [0.5, 0.6) is 0 Å². The van der Waals surface area contributed by atoms with Crippen molar-refractivity contribution < 1.29 is 28.3 Å². The summed E-state index contributed by atoms with van der Waals surface area (Å²) in [5, 5.41) is 2.20. The maximum absolute atomic E-state index is 12.9. The molecule has 0 spiro atoms. The summed E-state index contributed by atoms with van der Waals surface area (Å²) >= 11 is 0. The Hall–Kier alpha value is -4.46. The number of hydrogen-bond donors (Lipinski definition) is 1. The standard InChI is InChI=1S/C27H24N2O6/c1-2-3-15-34-26(32)20-11-9-19(10-12-20)23-14-13-21(35-23)16-22-24(30)28-27(33)29(25(22)31)17-18-7-5-4-6-8-18/h4-14,16H,2-3,15,17H2,1H3,(H,28,30,33)/b22-16+. The molecule has 178 valence electrons. The van der Waals surface area contributed by atoms with E-state index >= 15 is 0 Å². The van der Waals surface area contributed by atoms with Crippen LogP contribution in [0.3, 0.4) is 0 Å². The monoisotopic (exact) mass is 472 g/mol. The lowest BCUT2D eigenvalue weighted by molar-refractivity contribution is -0.130. The molecule has 2 aromatic carbocycles. The number of ether oxygens (including phenoxy) is 1. The Bertz CT molecular complexity index is 1270. The molecule has 1 aromatic heterocycles. The van der Waals surface area contributed by atoms with Crippen LogP contribution in [0.15, 0.2) is 76.7 Å². The van der Waals surface area contributed by atoms with Gasteiger partial charge in [0.1, 0.15) is 17.1 Å². The molecule has 0 saturated carbocycles. The zero-order valence-corrected chi connectivity index (χ0v) is 19.2. The molecule has 35 heavy (non-hydrogen) atoms. The molecule has 4 rings (SSSR count). The maximum atomic E-state index is 12.9. The van der Waals surface area contributed by atoms with Crippen molar-refractivity contribution in [2.75, 3.05) is 6.61 Å². The van der Waals surface area contributed by atoms with E-state index in [2.05, 4.69) is 5.32 Å². The Balaban J connectivity index is 1.49. The molecule has 0 bridgehead atoms. The molecule has 4 amide bonds. The highest BCUT2D eigenvalue weighted by atomic mass is 16.5. The first-order valence-electron chi connectivity index (χ1n) is 11.3. The van der Waals surface area contributed by atoms with Gasteiger partial charge in [0, 0.05) is 5.56 Å². The topological polar surface area (TPSA) is 106 Å². The normalized spacial score (nSPS) is 14.8. The van der Waals surface area contributed by atoms with E-state index in [9.17, 15) is 19.2 Å². The second-order valence-corrected chi connectivity index (χ2v) is 7.96. The number of rotatable bonds is 8. The van der Waals surface area contributed by atoms with Gasteiger partial charge in [-0.15, -0.1) is 0 Å². The van der Waals surface area contributed by atoms with Gasteiger partial charge in [-0.2, -0.15) is 0 Å². The van der Waals surface area contributed by atoms with Crippen LogP contribution in [0, 0.1) is 0 Å². The van der Waals surface area contributed by atoms with Crippen LogP contribution in [0.2, 0.25) is 0 Å². The zero-order chi connectivity index (χ0) is 24.8. The van der Waals surface area contributed by atoms with E-state index in [1.165, 1.54) is 6.08 Å². The van der Waals surface area contributed by atoms with E-state index in [0.717, 1.165) is 23.3 Å². The molecular weight excluding hydrogens is 448 g/mol. The molecule has 1 N–H and O–H groups in total. The number of imide groups is 2. The minimum absolute atomic E-state index is 0.0345. The van der Waals surface area contributed by atoms with Gasteiger partial charge in [0.15, 0.2) is 0 Å². The third-order valence-corrected chi connectivity index (χ3v) is 5.42. The maximum Gasteiger partial charge on any atom is 0.338 e. The summed E-state index contributed by atoms with van der Waals surface area (Å²) in [4.78, 5) is 50.6. The quantitative estimate of drug-likeness (QED) is 0.223. The molecule has 8 nitrogen and oxygen atoms in total. The van der Waals surface area contributed by atoms with Crippen LogP contribution in [-0.4, -0.2) is 35.3 Å². The number of benzene rings is 2. The summed E-state index contributed by atoms with van der Waals surface area (Å²) in [5.41, 5.74) is 1.70. The van der Waals surface area contributed by atoms with Crippen molar-refractivity contribution >= 4 is 29.9 Å². The van der Waals surface area contributed by atoms with Gasteiger partial charge in [0.2, 0.25) is 0 Å². The molecule has 2 heterocycles. The van der Waals surface area contributed by atoms with Crippen LogP contribution >= 0.6 is 0 Å². The zero-order valence-electron chi connectivity index (χ0n) is 19.2. The van der Waals surface area contributed by atoms with Crippen molar-refractivity contribution in [2.24, 2.45) is 0 Å². The average Bonchev–Trinajstić information content (AvgIpc) is 3.34. The molecular formula is C27H24N2O6. The molecule has 1 saturated heterocycles. The van der Waals surface area contributed by atoms with E-state index in [1.807, 2.05) is 13.0 Å². The van der Waals surface area contributed by atoms with Gasteiger partial charge in [-0.3, -0.25) is 19.8 Å². The van der Waals surface area contributed by atoms with Gasteiger partial charge in [-0.05, 0) is 42.3 Å². The van der Waals surface area contributed by atoms with Gasteiger partial charge in [-0.1, -0.05) is 55.8 Å². The Kier molecular flexibility index (Phi) is 7.21. The second-order valence-electron chi connectivity index (χ2n) is 7.96. The highest BCUT2D eigenvalue weighted by Gasteiger charge is 2.35. The third kappa shape index (κ3) is 5.55. The first-order chi connectivity index (χ1) is 17.0. The number of urea groups is 1. The van der Waals surface area contributed by atoms with Gasteiger partial charge >= 0.3 is 12.0 Å². The van der Waals surface area contributed by atoms with Gasteiger partial charge < -0.3 is 9.15 Å². The molecule has 1 aliphatic rings. The fourth-order valence-electron chi connectivity index (χ4n) is 3.49. The van der Waals surface area contributed by atoms with E-state index in [-0.39, 0.29) is 23.8 Å². The summed E-state index contributed by atoms with van der Waals surface area (Å²) in [6.07, 6.45) is 3.07. The number of hydrogen-bond acceptors (Lipinski definition) is 6. The Morgan fingerprint density at radius 1 is 1.00 bits per heavy atom. The van der Waals surface area contributed by atoms with Gasteiger partial charge in [0.05, 0.1) is 18.7 Å². The van der Waals surface area contributed by atoms with Gasteiger partial charge in [-0.25, -0.2) is 9.59 Å². The Labute approximate surface area is 202 Å². The van der Waals surface area contributed by atoms with E-state index < -0.39 is 17.8 Å². The first kappa shape index (κ1) is 23.7. The molecule has 8 heteroatoms. The average molecular weight is 472 g/mol. The molecule has 3 aromatic rings. The lowest BCUT2D eigenvalue weighted by Crippen LogP contribution is -2.53. The van der Waals surface area contributed by atoms with Crippen LogP contribution in [0.4, 0.5) is 4.79 Å². The third-order valence-electron chi connectivity index (χ3n) is 5.42. The molecule has 1 aliphatic heterocycles. The van der Waals surface area contributed by atoms with Crippen LogP contribution in [-0.2, 0) is 20.9 Å². The lowest BCUT2D eigenvalue weighted by Gasteiger charge is -2.26. The summed E-state index contributed by atoms with van der Waals surface area (Å²) in [6.45, 7) is 2.44. The SMILES string of the molecule is CCCCOC(=O)c1ccc(-c2ccc(/C=C3\C(=O)NC(=O)N(Cc4ccccc4)C3=O)o2)cc1. The number of nitrogens with one attached hydrogen (secondary N) is 1. The Morgan fingerprint density at radius 3 is 2.46 bits per heavy atom. The summed E-state index contributed by atoms with van der Waals surface area (Å²) < 4.78 is 11.0. The molecule has 0 aliphatic carbocycles. The summed E-state index contributed by atoms with van der Waals surface area (Å²) in [6, 6.07) is 18.3. The number of nitrogens with zero attached hydrogens (tertiary/aromatic N) is 1. The van der Waals surface area contributed by atoms with Gasteiger partial charge in [0.25, 0.3) is 11.8 Å². The number of unbranched alkanes of at least 4 members (excludes halogenated alkanes) is 1. The Morgan fingerprint density at radius 2 is 1.74 bits per heavy atom. The summed E-state index contributed by atoms with van der Waals surface area (Å²) in [7, 11) is 0. The largest absolute Gasteiger partial charge is 0.462 e. The van der Waals surface area contributed by atoms with E-state index in [4.69, 9.17) is 9.15 Å². The number of barbiturate groups is 1. The van der Waals surface area contributed by atoms with Crippen molar-refractivity contribution in [2.45, 2.75) is 26.3 Å². The number of carbonyl (C=O) groups is 4. The number of furan rings is 1. The fraction of sp³-hybridized carbons (Fsp3) is 0.185. The molecule has 0 unspecified atom stereocenters. The predicted molar refractivity (Wildman–Crippen MR) is 128 cm³/mol. The summed E-state index contributed by atoms with van der Waals surface area (Å²) in [5.74, 6) is -1.11.